The Hall–Kier alpha value is -1.76. The fraction of sp³-hybridized carbons (Fsp3) is 0.417. The first-order valence-corrected chi connectivity index (χ1v) is 12.5. The molecule has 4 nitrogen and oxygen atoms in total. The number of benzene rings is 2. The number of nitrogens with zero attached hydrogens (tertiary/aromatic N) is 1. The molecule has 0 bridgehead atoms. The van der Waals surface area contributed by atoms with E-state index in [0.717, 1.165) is 11.1 Å². The zero-order chi connectivity index (χ0) is 23.7. The van der Waals surface area contributed by atoms with Crippen molar-refractivity contribution in [2.24, 2.45) is 5.92 Å². The molecule has 0 saturated heterocycles. The molecule has 174 valence electrons. The maximum absolute atomic E-state index is 13.3. The second-order valence-electron chi connectivity index (χ2n) is 7.95. The molecule has 2 aromatic carbocycles. The van der Waals surface area contributed by atoms with Crippen molar-refractivity contribution >= 4 is 46.8 Å². The molecule has 0 fully saturated rings. The molecule has 0 spiro atoms. The first-order valence-electron chi connectivity index (χ1n) is 10.5. The summed E-state index contributed by atoms with van der Waals surface area (Å²) < 4.78 is 13.3. The summed E-state index contributed by atoms with van der Waals surface area (Å²) in [5.74, 6) is 0.431. The Morgan fingerprint density at radius 1 is 1.06 bits per heavy atom. The average molecular weight is 499 g/mol. The molecule has 0 radical (unpaired) electrons. The van der Waals surface area contributed by atoms with Crippen molar-refractivity contribution in [3.05, 3.63) is 69.5 Å². The smallest absolute Gasteiger partial charge is 0.242 e. The highest BCUT2D eigenvalue weighted by Crippen LogP contribution is 2.25. The highest BCUT2D eigenvalue weighted by Gasteiger charge is 2.28. The normalized spacial score (nSPS) is 12.0. The Morgan fingerprint density at radius 2 is 1.72 bits per heavy atom. The molecule has 32 heavy (non-hydrogen) atoms. The maximum atomic E-state index is 13.3. The molecular weight excluding hydrogens is 470 g/mol. The predicted molar refractivity (Wildman–Crippen MR) is 132 cm³/mol. The van der Waals surface area contributed by atoms with Gasteiger partial charge in [0, 0.05) is 18.8 Å². The van der Waals surface area contributed by atoms with Gasteiger partial charge in [-0.3, -0.25) is 9.59 Å². The van der Waals surface area contributed by atoms with Crippen molar-refractivity contribution in [1.29, 1.82) is 0 Å². The fourth-order valence-corrected chi connectivity index (χ4v) is 4.28. The van der Waals surface area contributed by atoms with Gasteiger partial charge in [0.05, 0.1) is 15.8 Å². The zero-order valence-corrected chi connectivity index (χ0v) is 20.9. The Morgan fingerprint density at radius 3 is 2.31 bits per heavy atom. The third-order valence-electron chi connectivity index (χ3n) is 4.81. The minimum Gasteiger partial charge on any atom is -0.354 e. The monoisotopic (exact) mass is 498 g/mol. The number of thioether (sulfide) groups is 1. The van der Waals surface area contributed by atoms with Crippen molar-refractivity contribution in [1.82, 2.24) is 10.2 Å². The fourth-order valence-electron chi connectivity index (χ4n) is 3.10. The lowest BCUT2D eigenvalue weighted by Crippen LogP contribution is -2.50. The Bertz CT molecular complexity index is 909. The molecule has 0 aliphatic rings. The quantitative estimate of drug-likeness (QED) is 0.416. The van der Waals surface area contributed by atoms with Gasteiger partial charge in [-0.15, -0.1) is 11.8 Å². The molecule has 1 atom stereocenters. The van der Waals surface area contributed by atoms with Crippen LogP contribution in [0.5, 0.6) is 0 Å². The van der Waals surface area contributed by atoms with Crippen molar-refractivity contribution in [3.8, 4) is 0 Å². The molecule has 0 aliphatic heterocycles. The second-order valence-corrected chi connectivity index (χ2v) is 9.75. The van der Waals surface area contributed by atoms with Crippen molar-refractivity contribution in [2.75, 3.05) is 12.3 Å². The number of carbonyl (C=O) groups excluding carboxylic acids is 2. The zero-order valence-electron chi connectivity index (χ0n) is 18.5. The number of nitrogens with one attached hydrogen (secondary N) is 1. The molecule has 0 unspecified atom stereocenters. The Kier molecular flexibility index (Phi) is 10.8. The first kappa shape index (κ1) is 26.5. The van der Waals surface area contributed by atoms with E-state index in [9.17, 15) is 14.0 Å². The molecule has 8 heteroatoms. The van der Waals surface area contributed by atoms with Crippen LogP contribution < -0.4 is 5.32 Å². The molecule has 0 heterocycles. The molecule has 2 rings (SSSR count). The van der Waals surface area contributed by atoms with Crippen LogP contribution in [-0.2, 0) is 21.9 Å². The Labute approximate surface area is 203 Å². The van der Waals surface area contributed by atoms with Gasteiger partial charge in [0.15, 0.2) is 0 Å². The number of amides is 2. The van der Waals surface area contributed by atoms with Gasteiger partial charge in [-0.25, -0.2) is 4.39 Å². The van der Waals surface area contributed by atoms with Crippen LogP contribution in [0.1, 0.15) is 38.3 Å². The lowest BCUT2D eigenvalue weighted by atomic mass is 10.1. The minimum absolute atomic E-state index is 0.147. The largest absolute Gasteiger partial charge is 0.354 e. The minimum atomic E-state index is -0.600. The first-order chi connectivity index (χ1) is 15.2. The van der Waals surface area contributed by atoms with Crippen LogP contribution in [-0.4, -0.2) is 35.1 Å². The number of carbonyl (C=O) groups is 2. The molecule has 0 saturated carbocycles. The van der Waals surface area contributed by atoms with Crippen LogP contribution in [0.15, 0.2) is 42.5 Å². The van der Waals surface area contributed by atoms with Crippen LogP contribution in [0.4, 0.5) is 4.39 Å². The van der Waals surface area contributed by atoms with Crippen LogP contribution in [0.3, 0.4) is 0 Å². The van der Waals surface area contributed by atoms with Gasteiger partial charge in [0.25, 0.3) is 0 Å². The molecule has 0 aliphatic carbocycles. The third kappa shape index (κ3) is 8.30. The van der Waals surface area contributed by atoms with E-state index in [-0.39, 0.29) is 29.9 Å². The average Bonchev–Trinajstić information content (AvgIpc) is 2.75. The number of rotatable bonds is 11. The molecule has 2 aromatic rings. The third-order valence-corrected chi connectivity index (χ3v) is 6.54. The molecular formula is C24H29Cl2FN2O2S. The van der Waals surface area contributed by atoms with Gasteiger partial charge < -0.3 is 10.2 Å². The highest BCUT2D eigenvalue weighted by molar-refractivity contribution is 7.99. The van der Waals surface area contributed by atoms with E-state index in [4.69, 9.17) is 23.2 Å². The summed E-state index contributed by atoms with van der Waals surface area (Å²) in [5, 5.41) is 3.89. The van der Waals surface area contributed by atoms with Gasteiger partial charge in [0.1, 0.15) is 11.9 Å². The van der Waals surface area contributed by atoms with Gasteiger partial charge in [-0.05, 0) is 47.7 Å². The van der Waals surface area contributed by atoms with Crippen LogP contribution in [0.2, 0.25) is 10.0 Å². The lowest BCUT2D eigenvalue weighted by molar-refractivity contribution is -0.139. The summed E-state index contributed by atoms with van der Waals surface area (Å²) >= 11 is 13.5. The standard InChI is InChI=1S/C24H29Cl2FN2O2S/c1-4-22(24(31)28-12-16(2)3)29(13-17-5-8-19(27)9-6-17)23(30)15-32-14-18-7-10-20(25)21(26)11-18/h5-11,16,22H,4,12-15H2,1-3H3,(H,28,31)/t22-/m0/s1. The van der Waals surface area contributed by atoms with E-state index in [1.807, 2.05) is 26.8 Å². The van der Waals surface area contributed by atoms with E-state index in [0.29, 0.717) is 34.7 Å². The summed E-state index contributed by atoms with van der Waals surface area (Å²) in [5.41, 5.74) is 1.73. The van der Waals surface area contributed by atoms with Crippen molar-refractivity contribution in [2.45, 2.75) is 45.5 Å². The van der Waals surface area contributed by atoms with Gasteiger partial charge in [-0.1, -0.05) is 62.2 Å². The van der Waals surface area contributed by atoms with E-state index < -0.39 is 6.04 Å². The van der Waals surface area contributed by atoms with Gasteiger partial charge >= 0.3 is 0 Å². The summed E-state index contributed by atoms with van der Waals surface area (Å²) in [6.45, 7) is 6.69. The molecule has 2 amide bonds. The van der Waals surface area contributed by atoms with Crippen molar-refractivity contribution < 1.29 is 14.0 Å². The number of hydrogen-bond acceptors (Lipinski definition) is 3. The van der Waals surface area contributed by atoms with Gasteiger partial charge in [-0.2, -0.15) is 0 Å². The van der Waals surface area contributed by atoms with E-state index in [2.05, 4.69) is 5.32 Å². The van der Waals surface area contributed by atoms with Crippen LogP contribution in [0, 0.1) is 11.7 Å². The number of halogens is 3. The summed E-state index contributed by atoms with van der Waals surface area (Å²) in [6.07, 6.45) is 0.480. The predicted octanol–water partition coefficient (Wildman–Crippen LogP) is 5.95. The highest BCUT2D eigenvalue weighted by atomic mass is 35.5. The van der Waals surface area contributed by atoms with Gasteiger partial charge in [0.2, 0.25) is 11.8 Å². The SMILES string of the molecule is CC[C@@H](C(=O)NCC(C)C)N(Cc1ccc(F)cc1)C(=O)CSCc1ccc(Cl)c(Cl)c1. The summed E-state index contributed by atoms with van der Waals surface area (Å²) in [4.78, 5) is 27.6. The van der Waals surface area contributed by atoms with Crippen LogP contribution >= 0.6 is 35.0 Å². The molecule has 1 N–H and O–H groups in total. The Balaban J connectivity index is 2.11. The van der Waals surface area contributed by atoms with E-state index in [1.165, 1.54) is 23.9 Å². The maximum Gasteiger partial charge on any atom is 0.242 e. The van der Waals surface area contributed by atoms with Crippen molar-refractivity contribution in [3.63, 3.8) is 0 Å². The topological polar surface area (TPSA) is 49.4 Å². The lowest BCUT2D eigenvalue weighted by Gasteiger charge is -2.31. The number of hydrogen-bond donors (Lipinski definition) is 1. The van der Waals surface area contributed by atoms with E-state index in [1.54, 1.807) is 29.2 Å². The van der Waals surface area contributed by atoms with Crippen LogP contribution in [0.25, 0.3) is 0 Å². The second kappa shape index (κ2) is 13.1. The summed E-state index contributed by atoms with van der Waals surface area (Å²) in [6, 6.07) is 10.8. The summed E-state index contributed by atoms with van der Waals surface area (Å²) in [7, 11) is 0. The molecule has 0 aromatic heterocycles. The van der Waals surface area contributed by atoms with E-state index >= 15 is 0 Å².